The summed E-state index contributed by atoms with van der Waals surface area (Å²) < 4.78 is 5.41. The molecule has 1 amide bonds. The normalized spacial score (nSPS) is 11.8. The molecule has 5 heteroatoms. The molecule has 0 saturated carbocycles. The number of oxazole rings is 1. The van der Waals surface area contributed by atoms with E-state index in [1.807, 2.05) is 13.8 Å². The van der Waals surface area contributed by atoms with Gasteiger partial charge in [0.05, 0.1) is 0 Å². The minimum Gasteiger partial charge on any atom is -0.441 e. The van der Waals surface area contributed by atoms with E-state index in [4.69, 9.17) is 10.2 Å². The average Bonchev–Trinajstić information content (AvgIpc) is 2.75. The van der Waals surface area contributed by atoms with Crippen molar-refractivity contribution in [2.75, 3.05) is 13.1 Å². The number of hydrogen-bond donors (Lipinski definition) is 2. The maximum absolute atomic E-state index is 12.0. The number of fused-ring (bicyclic) bond motifs is 1. The van der Waals surface area contributed by atoms with Crippen molar-refractivity contribution >= 4 is 17.0 Å². The minimum absolute atomic E-state index is 0.109. The van der Waals surface area contributed by atoms with Gasteiger partial charge in [-0.3, -0.25) is 4.79 Å². The number of carbonyl (C=O) groups is 1. The molecule has 0 unspecified atom stereocenters. The molecule has 5 nitrogen and oxygen atoms in total. The summed E-state index contributed by atoms with van der Waals surface area (Å²) in [5, 5.41) is 2.88. The summed E-state index contributed by atoms with van der Waals surface area (Å²) in [7, 11) is 0. The summed E-state index contributed by atoms with van der Waals surface area (Å²) in [6.07, 6.45) is 0. The van der Waals surface area contributed by atoms with E-state index < -0.39 is 0 Å². The summed E-state index contributed by atoms with van der Waals surface area (Å²) in [6, 6.07) is 5.24. The fraction of sp³-hybridized carbons (Fsp3) is 0.429. The first-order valence-electron chi connectivity index (χ1n) is 6.27. The van der Waals surface area contributed by atoms with Crippen molar-refractivity contribution in [3.8, 4) is 0 Å². The number of aromatic nitrogens is 1. The molecule has 0 atom stereocenters. The average molecular weight is 261 g/mol. The third-order valence-electron chi connectivity index (χ3n) is 3.04. The number of nitrogens with one attached hydrogen (secondary N) is 1. The lowest BCUT2D eigenvalue weighted by atomic mass is 9.94. The third kappa shape index (κ3) is 3.12. The highest BCUT2D eigenvalue weighted by atomic mass is 16.3. The molecule has 102 valence electrons. The molecular formula is C14H19N3O2. The van der Waals surface area contributed by atoms with Gasteiger partial charge in [-0.25, -0.2) is 4.98 Å². The molecule has 0 aliphatic carbocycles. The number of amides is 1. The smallest absolute Gasteiger partial charge is 0.251 e. The van der Waals surface area contributed by atoms with Crippen LogP contribution in [0.5, 0.6) is 0 Å². The Morgan fingerprint density at radius 2 is 2.21 bits per heavy atom. The monoisotopic (exact) mass is 261 g/mol. The van der Waals surface area contributed by atoms with Gasteiger partial charge in [0.25, 0.3) is 5.91 Å². The fourth-order valence-electron chi connectivity index (χ4n) is 1.67. The minimum atomic E-state index is -0.127. The van der Waals surface area contributed by atoms with Crippen LogP contribution in [0, 0.1) is 12.3 Å². The molecule has 0 spiro atoms. The number of rotatable bonds is 4. The number of aryl methyl sites for hydroxylation is 1. The molecule has 0 saturated heterocycles. The molecule has 1 heterocycles. The Morgan fingerprint density at radius 3 is 2.89 bits per heavy atom. The van der Waals surface area contributed by atoms with E-state index in [1.54, 1.807) is 25.1 Å². The lowest BCUT2D eigenvalue weighted by molar-refractivity contribution is 0.0938. The molecule has 0 aliphatic heterocycles. The van der Waals surface area contributed by atoms with Gasteiger partial charge < -0.3 is 15.5 Å². The number of hydrogen-bond acceptors (Lipinski definition) is 4. The van der Waals surface area contributed by atoms with Crippen molar-refractivity contribution < 1.29 is 9.21 Å². The fourth-order valence-corrected chi connectivity index (χ4v) is 1.67. The summed E-state index contributed by atoms with van der Waals surface area (Å²) in [4.78, 5) is 16.2. The molecule has 1 aromatic carbocycles. The second-order valence-corrected chi connectivity index (χ2v) is 5.47. The summed E-state index contributed by atoms with van der Waals surface area (Å²) in [6.45, 7) is 6.86. The standard InChI is InChI=1S/C14H19N3O2/c1-9-17-11-5-4-10(6-12(11)19-9)13(18)16-8-14(2,3)7-15/h4-6H,7-8,15H2,1-3H3,(H,16,18). The van der Waals surface area contributed by atoms with Crippen molar-refractivity contribution in [1.29, 1.82) is 0 Å². The van der Waals surface area contributed by atoms with Crippen LogP contribution in [-0.4, -0.2) is 24.0 Å². The molecule has 0 radical (unpaired) electrons. The quantitative estimate of drug-likeness (QED) is 0.880. The first-order chi connectivity index (χ1) is 8.91. The number of carbonyl (C=O) groups excluding carboxylic acids is 1. The van der Waals surface area contributed by atoms with Crippen LogP contribution in [0.2, 0.25) is 0 Å². The van der Waals surface area contributed by atoms with E-state index in [1.165, 1.54) is 0 Å². The maximum atomic E-state index is 12.0. The van der Waals surface area contributed by atoms with Crippen LogP contribution in [-0.2, 0) is 0 Å². The first-order valence-corrected chi connectivity index (χ1v) is 6.27. The lowest BCUT2D eigenvalue weighted by Crippen LogP contribution is -2.38. The van der Waals surface area contributed by atoms with E-state index in [0.29, 0.717) is 30.1 Å². The van der Waals surface area contributed by atoms with E-state index in [2.05, 4.69) is 10.3 Å². The second kappa shape index (κ2) is 5.01. The Bertz CT molecular complexity index is 602. The van der Waals surface area contributed by atoms with Crippen LogP contribution in [0.4, 0.5) is 0 Å². The zero-order valence-corrected chi connectivity index (χ0v) is 11.5. The van der Waals surface area contributed by atoms with Gasteiger partial charge in [0, 0.05) is 19.0 Å². The molecule has 0 bridgehead atoms. The van der Waals surface area contributed by atoms with Crippen molar-refractivity contribution in [2.45, 2.75) is 20.8 Å². The third-order valence-corrected chi connectivity index (χ3v) is 3.04. The zero-order valence-electron chi connectivity index (χ0n) is 11.5. The van der Waals surface area contributed by atoms with Crippen LogP contribution < -0.4 is 11.1 Å². The van der Waals surface area contributed by atoms with Gasteiger partial charge in [-0.05, 0) is 30.2 Å². The molecular weight excluding hydrogens is 242 g/mol. The number of nitrogens with two attached hydrogens (primary N) is 1. The van der Waals surface area contributed by atoms with Crippen LogP contribution >= 0.6 is 0 Å². The van der Waals surface area contributed by atoms with Crippen molar-refractivity contribution in [1.82, 2.24) is 10.3 Å². The van der Waals surface area contributed by atoms with Gasteiger partial charge in [0.15, 0.2) is 11.5 Å². The summed E-state index contributed by atoms with van der Waals surface area (Å²) >= 11 is 0. The molecule has 0 aliphatic rings. The van der Waals surface area contributed by atoms with Crippen molar-refractivity contribution in [3.05, 3.63) is 29.7 Å². The highest BCUT2D eigenvalue weighted by Gasteiger charge is 2.17. The van der Waals surface area contributed by atoms with Gasteiger partial charge >= 0.3 is 0 Å². The lowest BCUT2D eigenvalue weighted by Gasteiger charge is -2.22. The van der Waals surface area contributed by atoms with Crippen LogP contribution in [0.15, 0.2) is 22.6 Å². The molecule has 2 rings (SSSR count). The molecule has 2 aromatic rings. The van der Waals surface area contributed by atoms with Gasteiger partial charge in [-0.1, -0.05) is 13.8 Å². The predicted molar refractivity (Wildman–Crippen MR) is 73.9 cm³/mol. The Hall–Kier alpha value is -1.88. The number of nitrogens with zero attached hydrogens (tertiary/aromatic N) is 1. The van der Waals surface area contributed by atoms with Gasteiger partial charge in [0.1, 0.15) is 5.52 Å². The van der Waals surface area contributed by atoms with E-state index >= 15 is 0 Å². The topological polar surface area (TPSA) is 81.2 Å². The second-order valence-electron chi connectivity index (χ2n) is 5.47. The van der Waals surface area contributed by atoms with Crippen LogP contribution in [0.25, 0.3) is 11.1 Å². The van der Waals surface area contributed by atoms with E-state index in [-0.39, 0.29) is 11.3 Å². The highest BCUT2D eigenvalue weighted by Crippen LogP contribution is 2.17. The van der Waals surface area contributed by atoms with Crippen LogP contribution in [0.3, 0.4) is 0 Å². The SMILES string of the molecule is Cc1nc2ccc(C(=O)NCC(C)(C)CN)cc2o1. The first kappa shape index (κ1) is 13.5. The summed E-state index contributed by atoms with van der Waals surface area (Å²) in [5.74, 6) is 0.467. The zero-order chi connectivity index (χ0) is 14.0. The molecule has 0 fully saturated rings. The molecule has 1 aromatic heterocycles. The number of benzene rings is 1. The largest absolute Gasteiger partial charge is 0.441 e. The maximum Gasteiger partial charge on any atom is 0.251 e. The summed E-state index contributed by atoms with van der Waals surface area (Å²) in [5.41, 5.74) is 7.48. The Morgan fingerprint density at radius 1 is 1.47 bits per heavy atom. The Kier molecular flexibility index (Phi) is 3.57. The molecule has 19 heavy (non-hydrogen) atoms. The molecule has 3 N–H and O–H groups in total. The Balaban J connectivity index is 2.13. The van der Waals surface area contributed by atoms with Crippen molar-refractivity contribution in [2.24, 2.45) is 11.1 Å². The highest BCUT2D eigenvalue weighted by molar-refractivity contribution is 5.97. The van der Waals surface area contributed by atoms with E-state index in [0.717, 1.165) is 5.52 Å². The van der Waals surface area contributed by atoms with Gasteiger partial charge in [0.2, 0.25) is 0 Å². The van der Waals surface area contributed by atoms with Gasteiger partial charge in [-0.2, -0.15) is 0 Å². The van der Waals surface area contributed by atoms with Crippen LogP contribution in [0.1, 0.15) is 30.1 Å². The van der Waals surface area contributed by atoms with Gasteiger partial charge in [-0.15, -0.1) is 0 Å². The predicted octanol–water partition coefficient (Wildman–Crippen LogP) is 1.85. The van der Waals surface area contributed by atoms with Crippen molar-refractivity contribution in [3.63, 3.8) is 0 Å². The van der Waals surface area contributed by atoms with E-state index in [9.17, 15) is 4.79 Å². The Labute approximate surface area is 112 Å².